The minimum Gasteiger partial charge on any atom is -0.457 e. The van der Waals surface area contributed by atoms with Gasteiger partial charge in [-0.1, -0.05) is 91.0 Å². The number of anilines is 4. The van der Waals surface area contributed by atoms with Crippen molar-refractivity contribution in [2.45, 2.75) is 0 Å². The van der Waals surface area contributed by atoms with Crippen molar-refractivity contribution < 1.29 is 4.74 Å². The van der Waals surface area contributed by atoms with Gasteiger partial charge in [0.15, 0.2) is 0 Å². The SMILES string of the molecule is [C-]#[N+]/C(C#N)=C1C=C(/C=C/c2ccc(N(C)C)cc2)OC(/C=C/c2ccc(N(c3ccccc3)c3cccc4ccccc34)cc2)=C\1. The summed E-state index contributed by atoms with van der Waals surface area (Å²) in [5.74, 6) is 1.08. The predicted molar refractivity (Wildman–Crippen MR) is 194 cm³/mol. The zero-order valence-corrected chi connectivity index (χ0v) is 26.2. The van der Waals surface area contributed by atoms with Crippen LogP contribution in [0.1, 0.15) is 11.1 Å². The molecule has 0 spiro atoms. The van der Waals surface area contributed by atoms with Gasteiger partial charge in [0.05, 0.1) is 18.3 Å². The Balaban J connectivity index is 1.27. The number of hydrogen-bond donors (Lipinski definition) is 0. The van der Waals surface area contributed by atoms with E-state index in [0.29, 0.717) is 17.1 Å². The van der Waals surface area contributed by atoms with Crippen LogP contribution in [0.3, 0.4) is 0 Å². The number of rotatable bonds is 8. The first kappa shape index (κ1) is 30.5. The van der Waals surface area contributed by atoms with Crippen molar-refractivity contribution >= 4 is 45.7 Å². The molecule has 0 radical (unpaired) electrons. The van der Waals surface area contributed by atoms with Crippen molar-refractivity contribution in [3.63, 3.8) is 0 Å². The van der Waals surface area contributed by atoms with Crippen LogP contribution < -0.4 is 9.80 Å². The monoisotopic (exact) mass is 608 g/mol. The minimum atomic E-state index is 0.0132. The molecule has 0 fully saturated rings. The molecule has 0 saturated carbocycles. The summed E-state index contributed by atoms with van der Waals surface area (Å²) >= 11 is 0. The van der Waals surface area contributed by atoms with E-state index in [1.54, 1.807) is 12.2 Å². The van der Waals surface area contributed by atoms with E-state index in [9.17, 15) is 5.26 Å². The molecule has 1 aliphatic heterocycles. The molecule has 6 rings (SSSR count). The van der Waals surface area contributed by atoms with Crippen LogP contribution in [0.25, 0.3) is 27.8 Å². The van der Waals surface area contributed by atoms with Crippen LogP contribution in [-0.2, 0) is 4.74 Å². The Hall–Kier alpha value is -6.56. The number of fused-ring (bicyclic) bond motifs is 1. The second-order valence-electron chi connectivity index (χ2n) is 11.1. The summed E-state index contributed by atoms with van der Waals surface area (Å²) in [7, 11) is 4.01. The molecular formula is C42H32N4O. The average molecular weight is 609 g/mol. The van der Waals surface area contributed by atoms with E-state index in [1.807, 2.05) is 79.7 Å². The first-order chi connectivity index (χ1) is 23.0. The van der Waals surface area contributed by atoms with Crippen molar-refractivity contribution in [2.24, 2.45) is 0 Å². The van der Waals surface area contributed by atoms with Gasteiger partial charge >= 0.3 is 0 Å². The number of benzene rings is 5. The molecule has 0 aromatic heterocycles. The normalized spacial score (nSPS) is 13.8. The van der Waals surface area contributed by atoms with Gasteiger partial charge < -0.3 is 14.5 Å². The van der Waals surface area contributed by atoms with Crippen LogP contribution in [0.5, 0.6) is 0 Å². The lowest BCUT2D eigenvalue weighted by atomic mass is 10.1. The molecule has 0 saturated heterocycles. The predicted octanol–water partition coefficient (Wildman–Crippen LogP) is 10.6. The Kier molecular flexibility index (Phi) is 9.10. The summed E-state index contributed by atoms with van der Waals surface area (Å²) in [6.07, 6.45) is 11.1. The van der Waals surface area contributed by atoms with E-state index in [4.69, 9.17) is 11.3 Å². The number of nitriles is 1. The molecule has 5 aromatic rings. The van der Waals surface area contributed by atoms with Crippen LogP contribution >= 0.6 is 0 Å². The van der Waals surface area contributed by atoms with Crippen molar-refractivity contribution in [3.05, 3.63) is 191 Å². The van der Waals surface area contributed by atoms with Crippen LogP contribution in [0.4, 0.5) is 22.7 Å². The number of para-hydroxylation sites is 1. The lowest BCUT2D eigenvalue weighted by Crippen LogP contribution is -2.10. The summed E-state index contributed by atoms with van der Waals surface area (Å²) in [5, 5.41) is 11.9. The number of ether oxygens (including phenoxy) is 1. The first-order valence-corrected chi connectivity index (χ1v) is 15.2. The Labute approximate surface area is 276 Å². The molecule has 1 heterocycles. The summed E-state index contributed by atoms with van der Waals surface area (Å²) in [6.45, 7) is 7.48. The van der Waals surface area contributed by atoms with Crippen LogP contribution in [-0.4, -0.2) is 14.1 Å². The highest BCUT2D eigenvalue weighted by Gasteiger charge is 2.15. The number of nitrogens with zero attached hydrogens (tertiary/aromatic N) is 4. The van der Waals surface area contributed by atoms with Crippen LogP contribution in [0.15, 0.2) is 168 Å². The fourth-order valence-corrected chi connectivity index (χ4v) is 5.38. The third-order valence-electron chi connectivity index (χ3n) is 7.79. The maximum Gasteiger partial charge on any atom is 0.269 e. The fraction of sp³-hybridized carbons (Fsp3) is 0.0476. The van der Waals surface area contributed by atoms with E-state index in [1.165, 1.54) is 10.8 Å². The highest BCUT2D eigenvalue weighted by Crippen LogP contribution is 2.38. The van der Waals surface area contributed by atoms with Gasteiger partial charge in [-0.25, -0.2) is 10.1 Å². The molecule has 226 valence electrons. The topological polar surface area (TPSA) is 43.9 Å². The van der Waals surface area contributed by atoms with E-state index in [0.717, 1.165) is 33.9 Å². The van der Waals surface area contributed by atoms with Gasteiger partial charge in [0.2, 0.25) is 0 Å². The zero-order chi connectivity index (χ0) is 32.6. The quantitative estimate of drug-likeness (QED) is 0.130. The van der Waals surface area contributed by atoms with Gasteiger partial charge in [-0.2, -0.15) is 0 Å². The summed E-state index contributed by atoms with van der Waals surface area (Å²) in [6, 6.07) is 43.7. The van der Waals surface area contributed by atoms with Gasteiger partial charge in [-0.3, -0.25) is 0 Å². The van der Waals surface area contributed by atoms with Gasteiger partial charge in [-0.05, 0) is 88.9 Å². The summed E-state index contributed by atoms with van der Waals surface area (Å²) < 4.78 is 6.17. The van der Waals surface area contributed by atoms with E-state index >= 15 is 0 Å². The van der Waals surface area contributed by atoms with Crippen molar-refractivity contribution in [2.75, 3.05) is 23.9 Å². The standard InChI is InChI=1S/C42H32N4O/c1-44-41(30-43)34-28-38(26-20-31-16-22-35(23-17-31)45(2)3)47-39(29-34)27-21-32-18-24-37(25-19-32)46(36-12-5-4-6-13-36)42-15-9-11-33-10-7-8-14-40(33)42/h4-29H,2-3H3/b26-20+,27-21+,41-34+. The maximum absolute atomic E-state index is 9.57. The second-order valence-corrected chi connectivity index (χ2v) is 11.1. The van der Waals surface area contributed by atoms with Crippen LogP contribution in [0, 0.1) is 17.9 Å². The molecule has 5 aromatic carbocycles. The van der Waals surface area contributed by atoms with Gasteiger partial charge in [0.1, 0.15) is 11.5 Å². The molecule has 47 heavy (non-hydrogen) atoms. The van der Waals surface area contributed by atoms with E-state index < -0.39 is 0 Å². The van der Waals surface area contributed by atoms with E-state index in [-0.39, 0.29) is 5.70 Å². The maximum atomic E-state index is 9.57. The first-order valence-electron chi connectivity index (χ1n) is 15.2. The largest absolute Gasteiger partial charge is 0.457 e. The molecule has 0 amide bonds. The molecule has 0 bridgehead atoms. The third kappa shape index (κ3) is 7.07. The van der Waals surface area contributed by atoms with Gasteiger partial charge in [0, 0.05) is 36.5 Å². The van der Waals surface area contributed by atoms with Crippen molar-refractivity contribution in [1.82, 2.24) is 0 Å². The number of hydrogen-bond acceptors (Lipinski definition) is 4. The Bertz CT molecular complexity index is 2120. The molecule has 0 unspecified atom stereocenters. The van der Waals surface area contributed by atoms with Crippen molar-refractivity contribution in [1.29, 1.82) is 5.26 Å². The van der Waals surface area contributed by atoms with Crippen molar-refractivity contribution in [3.8, 4) is 6.07 Å². The lowest BCUT2D eigenvalue weighted by molar-refractivity contribution is 0.332. The molecule has 1 aliphatic rings. The van der Waals surface area contributed by atoms with Crippen LogP contribution in [0.2, 0.25) is 0 Å². The molecule has 5 heteroatoms. The Morgan fingerprint density at radius 1 is 0.660 bits per heavy atom. The molecular weight excluding hydrogens is 576 g/mol. The molecule has 0 aliphatic carbocycles. The Morgan fingerprint density at radius 3 is 1.81 bits per heavy atom. The average Bonchev–Trinajstić information content (AvgIpc) is 3.12. The second kappa shape index (κ2) is 14.0. The van der Waals surface area contributed by atoms with Gasteiger partial charge in [-0.15, -0.1) is 0 Å². The molecule has 0 atom stereocenters. The lowest BCUT2D eigenvalue weighted by Gasteiger charge is -2.27. The number of allylic oxidation sites excluding steroid dienone is 6. The summed E-state index contributed by atoms with van der Waals surface area (Å²) in [5.41, 5.74) is 6.84. The van der Waals surface area contributed by atoms with Gasteiger partial charge in [0.25, 0.3) is 5.70 Å². The summed E-state index contributed by atoms with van der Waals surface area (Å²) in [4.78, 5) is 7.74. The molecule has 0 N–H and O–H groups in total. The Morgan fingerprint density at radius 2 is 1.21 bits per heavy atom. The zero-order valence-electron chi connectivity index (χ0n) is 26.2. The highest BCUT2D eigenvalue weighted by molar-refractivity contribution is 5.98. The van der Waals surface area contributed by atoms with E-state index in [2.05, 4.69) is 101 Å². The third-order valence-corrected chi connectivity index (χ3v) is 7.79. The minimum absolute atomic E-state index is 0.0132. The smallest absolute Gasteiger partial charge is 0.269 e. The fourth-order valence-electron chi connectivity index (χ4n) is 5.38. The highest BCUT2D eigenvalue weighted by atomic mass is 16.5. The molecule has 5 nitrogen and oxygen atoms in total.